The summed E-state index contributed by atoms with van der Waals surface area (Å²) >= 11 is 5.22. The van der Waals surface area contributed by atoms with Gasteiger partial charge in [-0.3, -0.25) is 0 Å². The first-order chi connectivity index (χ1) is 6.70. The van der Waals surface area contributed by atoms with Crippen molar-refractivity contribution in [3.8, 4) is 5.75 Å². The Kier molecular flexibility index (Phi) is 2.79. The molecule has 0 amide bonds. The number of rotatable bonds is 2. The molecule has 1 aromatic carbocycles. The number of halogens is 1. The average molecular weight is 271 g/mol. The zero-order valence-electron chi connectivity index (χ0n) is 8.13. The van der Waals surface area contributed by atoms with E-state index in [9.17, 15) is 0 Å². The van der Waals surface area contributed by atoms with Crippen molar-refractivity contribution in [3.05, 3.63) is 27.5 Å². The molecule has 74 valence electrons. The molecule has 0 fully saturated rings. The van der Waals surface area contributed by atoms with Gasteiger partial charge in [0.15, 0.2) is 0 Å². The van der Waals surface area contributed by atoms with E-state index in [1.54, 1.807) is 11.3 Å². The third-order valence-corrected chi connectivity index (χ3v) is 3.66. The Bertz CT molecular complexity index is 462. The molecule has 0 aliphatic carbocycles. The molecule has 14 heavy (non-hydrogen) atoms. The maximum Gasteiger partial charge on any atom is 0.137 e. The minimum atomic E-state index is 0.716. The normalized spacial score (nSPS) is 10.8. The van der Waals surface area contributed by atoms with Crippen LogP contribution in [0.3, 0.4) is 0 Å². The fourth-order valence-corrected chi connectivity index (χ4v) is 3.06. The van der Waals surface area contributed by atoms with Crippen LogP contribution in [0.2, 0.25) is 0 Å². The summed E-state index contributed by atoms with van der Waals surface area (Å²) in [5.74, 6) is 0.998. The summed E-state index contributed by atoms with van der Waals surface area (Å²) < 4.78 is 7.98. The van der Waals surface area contributed by atoms with Gasteiger partial charge in [0.25, 0.3) is 0 Å². The van der Waals surface area contributed by atoms with Gasteiger partial charge in [-0.1, -0.05) is 6.07 Å². The molecule has 2 rings (SSSR count). The second-order valence-electron chi connectivity index (χ2n) is 3.16. The molecule has 1 nitrogen and oxygen atoms in total. The first kappa shape index (κ1) is 9.99. The topological polar surface area (TPSA) is 9.23 Å². The van der Waals surface area contributed by atoms with Crippen LogP contribution in [0.25, 0.3) is 10.1 Å². The monoisotopic (exact) mass is 270 g/mol. The molecule has 0 atom stereocenters. The molecule has 0 aliphatic heterocycles. The van der Waals surface area contributed by atoms with Crippen molar-refractivity contribution in [2.24, 2.45) is 0 Å². The van der Waals surface area contributed by atoms with Crippen LogP contribution in [0, 0.1) is 6.92 Å². The Morgan fingerprint density at radius 2 is 2.14 bits per heavy atom. The van der Waals surface area contributed by atoms with Crippen LogP contribution in [0.15, 0.2) is 22.0 Å². The van der Waals surface area contributed by atoms with Crippen molar-refractivity contribution in [2.75, 3.05) is 6.61 Å². The van der Waals surface area contributed by atoms with Crippen LogP contribution in [0.1, 0.15) is 12.5 Å². The van der Waals surface area contributed by atoms with E-state index < -0.39 is 0 Å². The van der Waals surface area contributed by atoms with Crippen molar-refractivity contribution in [1.82, 2.24) is 0 Å². The van der Waals surface area contributed by atoms with Crippen molar-refractivity contribution in [3.63, 3.8) is 0 Å². The Morgan fingerprint density at radius 1 is 1.36 bits per heavy atom. The maximum absolute atomic E-state index is 5.60. The molecule has 0 N–H and O–H groups in total. The molecule has 0 aliphatic rings. The van der Waals surface area contributed by atoms with Gasteiger partial charge in [-0.2, -0.15) is 0 Å². The maximum atomic E-state index is 5.60. The van der Waals surface area contributed by atoms with Gasteiger partial charge in [-0.25, -0.2) is 0 Å². The lowest BCUT2D eigenvalue weighted by Gasteiger charge is -2.05. The van der Waals surface area contributed by atoms with Gasteiger partial charge in [-0.15, -0.1) is 11.3 Å². The summed E-state index contributed by atoms with van der Waals surface area (Å²) in [6.07, 6.45) is 0. The van der Waals surface area contributed by atoms with E-state index in [1.807, 2.05) is 6.92 Å². The Morgan fingerprint density at radius 3 is 2.86 bits per heavy atom. The average Bonchev–Trinajstić information content (AvgIpc) is 2.45. The molecule has 0 saturated heterocycles. The summed E-state index contributed by atoms with van der Waals surface area (Å²) in [4.78, 5) is 0. The van der Waals surface area contributed by atoms with Crippen molar-refractivity contribution in [1.29, 1.82) is 0 Å². The van der Waals surface area contributed by atoms with Crippen LogP contribution in [0.5, 0.6) is 5.75 Å². The summed E-state index contributed by atoms with van der Waals surface area (Å²) in [5.41, 5.74) is 1.24. The number of thiophene rings is 1. The zero-order chi connectivity index (χ0) is 10.1. The van der Waals surface area contributed by atoms with Crippen molar-refractivity contribution >= 4 is 37.4 Å². The Balaban J connectivity index is 2.66. The van der Waals surface area contributed by atoms with E-state index in [-0.39, 0.29) is 0 Å². The molecule has 2 aromatic rings. The number of fused-ring (bicyclic) bond motifs is 1. The highest BCUT2D eigenvalue weighted by Crippen LogP contribution is 2.37. The van der Waals surface area contributed by atoms with Gasteiger partial charge in [0.1, 0.15) is 5.75 Å². The third-order valence-electron chi connectivity index (χ3n) is 2.00. The molecular weight excluding hydrogens is 260 g/mol. The number of ether oxygens (including phenoxy) is 1. The zero-order valence-corrected chi connectivity index (χ0v) is 10.5. The van der Waals surface area contributed by atoms with Crippen LogP contribution in [0.4, 0.5) is 0 Å². The largest absolute Gasteiger partial charge is 0.492 e. The number of benzene rings is 1. The fraction of sp³-hybridized carbons (Fsp3) is 0.273. The van der Waals surface area contributed by atoms with Gasteiger partial charge in [0.05, 0.1) is 15.1 Å². The predicted molar refractivity (Wildman–Crippen MR) is 65.4 cm³/mol. The quantitative estimate of drug-likeness (QED) is 0.788. The van der Waals surface area contributed by atoms with Crippen LogP contribution < -0.4 is 4.74 Å². The summed E-state index contributed by atoms with van der Waals surface area (Å²) in [7, 11) is 0. The lowest BCUT2D eigenvalue weighted by atomic mass is 10.2. The van der Waals surface area contributed by atoms with Gasteiger partial charge in [0.2, 0.25) is 0 Å². The SMILES string of the molecule is CCOc1cc(C)cc2cc(Br)sc12. The highest BCUT2D eigenvalue weighted by Gasteiger charge is 2.06. The third kappa shape index (κ3) is 1.79. The molecular formula is C11H11BrOS. The van der Waals surface area contributed by atoms with Crippen molar-refractivity contribution in [2.45, 2.75) is 13.8 Å². The molecule has 0 saturated carbocycles. The summed E-state index contributed by atoms with van der Waals surface area (Å²) in [5, 5.41) is 1.25. The van der Waals surface area contributed by atoms with E-state index in [4.69, 9.17) is 4.74 Å². The Hall–Kier alpha value is -0.540. The van der Waals surface area contributed by atoms with E-state index >= 15 is 0 Å². The second kappa shape index (κ2) is 3.91. The molecule has 1 heterocycles. The van der Waals surface area contributed by atoms with E-state index in [1.165, 1.54) is 15.6 Å². The van der Waals surface area contributed by atoms with Gasteiger partial charge in [0, 0.05) is 0 Å². The smallest absolute Gasteiger partial charge is 0.137 e. The standard InChI is InChI=1S/C11H11BrOS/c1-3-13-9-5-7(2)4-8-6-10(12)14-11(8)9/h4-6H,3H2,1-2H3. The summed E-state index contributed by atoms with van der Waals surface area (Å²) in [6, 6.07) is 6.41. The highest BCUT2D eigenvalue weighted by atomic mass is 79.9. The summed E-state index contributed by atoms with van der Waals surface area (Å²) in [6.45, 7) is 4.82. The van der Waals surface area contributed by atoms with Crippen molar-refractivity contribution < 1.29 is 4.74 Å². The van der Waals surface area contributed by atoms with Gasteiger partial charge < -0.3 is 4.74 Å². The first-order valence-corrected chi connectivity index (χ1v) is 6.14. The lowest BCUT2D eigenvalue weighted by Crippen LogP contribution is -1.91. The number of aryl methyl sites for hydroxylation is 1. The van der Waals surface area contributed by atoms with Gasteiger partial charge >= 0.3 is 0 Å². The molecule has 1 aromatic heterocycles. The molecule has 0 spiro atoms. The minimum absolute atomic E-state index is 0.716. The Labute approximate surface area is 95.8 Å². The molecule has 0 bridgehead atoms. The van der Waals surface area contributed by atoms with Crippen LogP contribution in [-0.4, -0.2) is 6.61 Å². The number of hydrogen-bond acceptors (Lipinski definition) is 2. The molecule has 3 heteroatoms. The fourth-order valence-electron chi connectivity index (χ4n) is 1.50. The van der Waals surface area contributed by atoms with E-state index in [2.05, 4.69) is 41.1 Å². The highest BCUT2D eigenvalue weighted by molar-refractivity contribution is 9.11. The van der Waals surface area contributed by atoms with E-state index in [0.29, 0.717) is 6.61 Å². The molecule has 0 radical (unpaired) electrons. The van der Waals surface area contributed by atoms with E-state index in [0.717, 1.165) is 9.54 Å². The second-order valence-corrected chi connectivity index (χ2v) is 5.60. The first-order valence-electron chi connectivity index (χ1n) is 4.53. The van der Waals surface area contributed by atoms with Crippen LogP contribution >= 0.6 is 27.3 Å². The number of hydrogen-bond donors (Lipinski definition) is 0. The van der Waals surface area contributed by atoms with Crippen LogP contribution in [-0.2, 0) is 0 Å². The molecule has 0 unspecified atom stereocenters. The van der Waals surface area contributed by atoms with Gasteiger partial charge in [-0.05, 0) is 52.9 Å². The lowest BCUT2D eigenvalue weighted by molar-refractivity contribution is 0.344. The minimum Gasteiger partial charge on any atom is -0.492 e. The predicted octanol–water partition coefficient (Wildman–Crippen LogP) is 4.37.